The van der Waals surface area contributed by atoms with Crippen LogP contribution in [0.25, 0.3) is 0 Å². The Morgan fingerprint density at radius 3 is 2.13 bits per heavy atom. The van der Waals surface area contributed by atoms with Crippen LogP contribution in [0, 0.1) is 11.6 Å². The van der Waals surface area contributed by atoms with Crippen LogP contribution in [0.1, 0.15) is 20.7 Å². The van der Waals surface area contributed by atoms with Gasteiger partial charge in [-0.25, -0.2) is 13.6 Å². The largest absolute Gasteiger partial charge is 0.425 e. The van der Waals surface area contributed by atoms with E-state index in [0.717, 1.165) is 17.0 Å². The predicted molar refractivity (Wildman–Crippen MR) is 73.8 cm³/mol. The lowest BCUT2D eigenvalue weighted by atomic mass is 10.1. The molecule has 3 rings (SSSR count). The highest BCUT2D eigenvalue weighted by Gasteiger charge is 2.36. The van der Waals surface area contributed by atoms with Gasteiger partial charge in [0.05, 0.1) is 11.1 Å². The van der Waals surface area contributed by atoms with Crippen LogP contribution in [0.15, 0.2) is 42.5 Å². The first kappa shape index (κ1) is 14.8. The molecule has 23 heavy (non-hydrogen) atoms. The molecule has 0 aliphatic carbocycles. The van der Waals surface area contributed by atoms with Crippen molar-refractivity contribution in [2.45, 2.75) is 0 Å². The van der Waals surface area contributed by atoms with E-state index in [0.29, 0.717) is 6.07 Å². The van der Waals surface area contributed by atoms with Crippen molar-refractivity contribution in [2.75, 3.05) is 6.54 Å². The molecule has 0 radical (unpaired) electrons. The second-order valence-corrected chi connectivity index (χ2v) is 4.79. The molecule has 0 fully saturated rings. The van der Waals surface area contributed by atoms with Crippen LogP contribution in [0.2, 0.25) is 0 Å². The number of hydrogen-bond acceptors (Lipinski definition) is 4. The van der Waals surface area contributed by atoms with Crippen LogP contribution < -0.4 is 4.74 Å². The number of imide groups is 1. The van der Waals surface area contributed by atoms with Gasteiger partial charge < -0.3 is 4.74 Å². The van der Waals surface area contributed by atoms with Gasteiger partial charge in [-0.2, -0.15) is 0 Å². The van der Waals surface area contributed by atoms with Crippen molar-refractivity contribution >= 4 is 17.8 Å². The van der Waals surface area contributed by atoms with E-state index in [2.05, 4.69) is 0 Å². The Morgan fingerprint density at radius 1 is 0.957 bits per heavy atom. The van der Waals surface area contributed by atoms with Gasteiger partial charge in [0.2, 0.25) is 0 Å². The number of benzene rings is 2. The molecule has 7 heteroatoms. The Bertz CT molecular complexity index is 800. The summed E-state index contributed by atoms with van der Waals surface area (Å²) < 4.78 is 30.7. The Morgan fingerprint density at radius 2 is 1.57 bits per heavy atom. The van der Waals surface area contributed by atoms with Crippen molar-refractivity contribution < 1.29 is 27.9 Å². The minimum Gasteiger partial charge on any atom is -0.425 e. The normalized spacial score (nSPS) is 13.2. The Kier molecular flexibility index (Phi) is 3.61. The van der Waals surface area contributed by atoms with E-state index >= 15 is 0 Å². The number of halogens is 2. The number of carbonyl (C=O) groups is 3. The number of nitrogens with zero attached hydrogens (tertiary/aromatic N) is 1. The number of carbonyl (C=O) groups excluding carboxylic acids is 3. The zero-order valence-electron chi connectivity index (χ0n) is 11.6. The summed E-state index contributed by atoms with van der Waals surface area (Å²) in [6.07, 6.45) is 0. The highest BCUT2D eigenvalue weighted by Crippen LogP contribution is 2.22. The van der Waals surface area contributed by atoms with Crippen LogP contribution >= 0.6 is 0 Å². The molecular weight excluding hydrogens is 308 g/mol. The lowest BCUT2D eigenvalue weighted by Gasteiger charge is -2.12. The molecule has 2 amide bonds. The number of amides is 2. The highest BCUT2D eigenvalue weighted by atomic mass is 19.2. The standard InChI is InChI=1S/C16H9F2NO4/c17-12-6-5-9(7-13(12)18)23-14(20)8-19-15(21)10-3-1-2-4-11(10)16(19)22/h1-7H,8H2. The predicted octanol–water partition coefficient (Wildman–Crippen LogP) is 2.17. The van der Waals surface area contributed by atoms with Gasteiger partial charge in [0.1, 0.15) is 12.3 Å². The van der Waals surface area contributed by atoms with Gasteiger partial charge in [0.15, 0.2) is 11.6 Å². The molecule has 0 atom stereocenters. The van der Waals surface area contributed by atoms with Gasteiger partial charge in [-0.05, 0) is 24.3 Å². The first-order valence-corrected chi connectivity index (χ1v) is 6.58. The lowest BCUT2D eigenvalue weighted by molar-refractivity contribution is -0.134. The van der Waals surface area contributed by atoms with E-state index in [1.807, 2.05) is 0 Å². The zero-order chi connectivity index (χ0) is 16.6. The third kappa shape index (κ3) is 2.68. The van der Waals surface area contributed by atoms with Crippen molar-refractivity contribution in [3.8, 4) is 5.75 Å². The molecule has 1 aliphatic rings. The van der Waals surface area contributed by atoms with Gasteiger partial charge in [0.25, 0.3) is 11.8 Å². The number of esters is 1. The Balaban J connectivity index is 1.73. The molecule has 1 aliphatic heterocycles. The molecule has 0 saturated heterocycles. The van der Waals surface area contributed by atoms with Crippen molar-refractivity contribution in [3.63, 3.8) is 0 Å². The fourth-order valence-corrected chi connectivity index (χ4v) is 2.22. The van der Waals surface area contributed by atoms with Crippen LogP contribution in [-0.2, 0) is 4.79 Å². The first-order valence-electron chi connectivity index (χ1n) is 6.58. The van der Waals surface area contributed by atoms with E-state index in [9.17, 15) is 23.2 Å². The minimum atomic E-state index is -1.17. The third-order valence-electron chi connectivity index (χ3n) is 3.29. The maximum Gasteiger partial charge on any atom is 0.331 e. The molecular formula is C16H9F2NO4. The number of hydrogen-bond donors (Lipinski definition) is 0. The van der Waals surface area contributed by atoms with E-state index < -0.39 is 36.0 Å². The summed E-state index contributed by atoms with van der Waals surface area (Å²) in [5.41, 5.74) is 0.413. The van der Waals surface area contributed by atoms with Crippen LogP contribution in [0.4, 0.5) is 8.78 Å². The smallest absolute Gasteiger partial charge is 0.331 e. The molecule has 116 valence electrons. The SMILES string of the molecule is O=C(CN1C(=O)c2ccccc2C1=O)Oc1ccc(F)c(F)c1. The fraction of sp³-hybridized carbons (Fsp3) is 0.0625. The van der Waals surface area contributed by atoms with E-state index in [-0.39, 0.29) is 16.9 Å². The van der Waals surface area contributed by atoms with Gasteiger partial charge in [0, 0.05) is 6.07 Å². The van der Waals surface area contributed by atoms with Crippen molar-refractivity contribution in [3.05, 3.63) is 65.2 Å². The van der Waals surface area contributed by atoms with Crippen molar-refractivity contribution in [1.29, 1.82) is 0 Å². The second kappa shape index (κ2) is 5.60. The minimum absolute atomic E-state index is 0.207. The topological polar surface area (TPSA) is 63.7 Å². The first-order chi connectivity index (χ1) is 11.0. The second-order valence-electron chi connectivity index (χ2n) is 4.79. The summed E-state index contributed by atoms with van der Waals surface area (Å²) >= 11 is 0. The summed E-state index contributed by atoms with van der Waals surface area (Å²) in [7, 11) is 0. The van der Waals surface area contributed by atoms with Crippen molar-refractivity contribution in [1.82, 2.24) is 4.90 Å². The van der Waals surface area contributed by atoms with Gasteiger partial charge in [-0.1, -0.05) is 12.1 Å². The molecule has 0 aromatic heterocycles. The summed E-state index contributed by atoms with van der Waals surface area (Å²) in [6.45, 7) is -0.620. The molecule has 5 nitrogen and oxygen atoms in total. The van der Waals surface area contributed by atoms with Crippen molar-refractivity contribution in [2.24, 2.45) is 0 Å². The summed E-state index contributed by atoms with van der Waals surface area (Å²) in [5, 5.41) is 0. The molecule has 0 saturated carbocycles. The molecule has 2 aromatic carbocycles. The molecule has 0 spiro atoms. The molecule has 0 N–H and O–H groups in total. The van der Waals surface area contributed by atoms with E-state index in [1.54, 1.807) is 12.1 Å². The average molecular weight is 317 g/mol. The van der Waals surface area contributed by atoms with Gasteiger partial charge in [-0.3, -0.25) is 14.5 Å². The fourth-order valence-electron chi connectivity index (χ4n) is 2.22. The van der Waals surface area contributed by atoms with Gasteiger partial charge in [-0.15, -0.1) is 0 Å². The van der Waals surface area contributed by atoms with Crippen LogP contribution in [0.3, 0.4) is 0 Å². The number of ether oxygens (including phenoxy) is 1. The van der Waals surface area contributed by atoms with Gasteiger partial charge >= 0.3 is 5.97 Å². The molecule has 2 aromatic rings. The Hall–Kier alpha value is -3.09. The van der Waals surface area contributed by atoms with Crippen LogP contribution in [-0.4, -0.2) is 29.2 Å². The molecule has 0 unspecified atom stereocenters. The van der Waals surface area contributed by atoms with Crippen LogP contribution in [0.5, 0.6) is 5.75 Å². The molecule has 1 heterocycles. The monoisotopic (exact) mass is 317 g/mol. The maximum absolute atomic E-state index is 13.1. The summed E-state index contributed by atoms with van der Waals surface area (Å²) in [4.78, 5) is 36.7. The quantitative estimate of drug-likeness (QED) is 0.494. The number of fused-ring (bicyclic) bond motifs is 1. The van der Waals surface area contributed by atoms with E-state index in [1.165, 1.54) is 12.1 Å². The summed E-state index contributed by atoms with van der Waals surface area (Å²) in [5.74, 6) is -4.61. The summed E-state index contributed by atoms with van der Waals surface area (Å²) in [6, 6.07) is 8.75. The average Bonchev–Trinajstić information content (AvgIpc) is 2.76. The number of rotatable bonds is 3. The third-order valence-corrected chi connectivity index (χ3v) is 3.29. The maximum atomic E-state index is 13.1. The molecule has 0 bridgehead atoms. The Labute approximate surface area is 129 Å². The van der Waals surface area contributed by atoms with E-state index in [4.69, 9.17) is 4.74 Å². The highest BCUT2D eigenvalue weighted by molar-refractivity contribution is 6.22. The lowest BCUT2D eigenvalue weighted by Crippen LogP contribution is -2.36. The zero-order valence-corrected chi connectivity index (χ0v) is 11.6.